The molecule has 0 spiro atoms. The van der Waals surface area contributed by atoms with Gasteiger partial charge in [0, 0.05) is 16.8 Å². The molecular weight excluding hydrogens is 473 g/mol. The van der Waals surface area contributed by atoms with Gasteiger partial charge in [-0.2, -0.15) is 0 Å². The molecule has 6 heteroatoms. The van der Waals surface area contributed by atoms with Gasteiger partial charge in [-0.1, -0.05) is 78.9 Å². The number of nitrogens with zero attached hydrogens (tertiary/aromatic N) is 5. The summed E-state index contributed by atoms with van der Waals surface area (Å²) >= 11 is 0. The third kappa shape index (κ3) is 3.79. The Morgan fingerprint density at radius 2 is 1.24 bits per heavy atom. The monoisotopic (exact) mass is 494 g/mol. The summed E-state index contributed by atoms with van der Waals surface area (Å²) in [5, 5.41) is 11.8. The van der Waals surface area contributed by atoms with Crippen molar-refractivity contribution < 1.29 is 4.39 Å². The number of amidine groups is 1. The Labute approximate surface area is 219 Å². The first-order valence-electron chi connectivity index (χ1n) is 12.3. The van der Waals surface area contributed by atoms with Crippen LogP contribution in [0.4, 0.5) is 21.5 Å². The fourth-order valence-corrected chi connectivity index (χ4v) is 4.75. The number of benzene rings is 5. The number of fused-ring (bicyclic) bond motifs is 2. The van der Waals surface area contributed by atoms with E-state index in [9.17, 15) is 4.39 Å². The lowest BCUT2D eigenvalue weighted by atomic mass is 10.1. The molecule has 0 amide bonds. The highest BCUT2D eigenvalue weighted by Crippen LogP contribution is 2.41. The van der Waals surface area contributed by atoms with Crippen molar-refractivity contribution in [2.45, 2.75) is 0 Å². The maximum atomic E-state index is 13.8. The Bertz CT molecular complexity index is 1780. The van der Waals surface area contributed by atoms with Crippen LogP contribution in [0.25, 0.3) is 28.1 Å². The van der Waals surface area contributed by atoms with Crippen LogP contribution in [0.2, 0.25) is 0 Å². The number of aromatic nitrogens is 2. The number of imidazole rings is 1. The summed E-state index contributed by atoms with van der Waals surface area (Å²) in [6.45, 7) is 0. The van der Waals surface area contributed by atoms with Gasteiger partial charge in [0.05, 0.1) is 28.1 Å². The van der Waals surface area contributed by atoms with E-state index >= 15 is 0 Å². The average Bonchev–Trinajstić information content (AvgIpc) is 3.35. The van der Waals surface area contributed by atoms with Crippen LogP contribution >= 0.6 is 0 Å². The SMILES string of the molecule is Fc1ccc(-n2c(-c3ccccc3)nc3cc4c(cc32)N(c2ccccc2)N=C(c2ccccc2)[N]4)cc1. The van der Waals surface area contributed by atoms with Crippen molar-refractivity contribution in [2.24, 2.45) is 5.10 Å². The molecule has 5 nitrogen and oxygen atoms in total. The van der Waals surface area contributed by atoms with Crippen molar-refractivity contribution in [1.29, 1.82) is 0 Å². The highest BCUT2D eigenvalue weighted by atomic mass is 19.1. The fraction of sp³-hybridized carbons (Fsp3) is 0. The highest BCUT2D eigenvalue weighted by Gasteiger charge is 2.26. The van der Waals surface area contributed by atoms with Crippen LogP contribution in [-0.2, 0) is 0 Å². The second kappa shape index (κ2) is 9.01. The van der Waals surface area contributed by atoms with Gasteiger partial charge in [0.25, 0.3) is 0 Å². The smallest absolute Gasteiger partial charge is 0.180 e. The Balaban J connectivity index is 1.48. The Kier molecular flexibility index (Phi) is 5.22. The minimum absolute atomic E-state index is 0.284. The van der Waals surface area contributed by atoms with Gasteiger partial charge in [0.15, 0.2) is 5.84 Å². The van der Waals surface area contributed by atoms with E-state index in [1.807, 2.05) is 102 Å². The quantitative estimate of drug-likeness (QED) is 0.254. The van der Waals surface area contributed by atoms with Gasteiger partial charge in [-0.15, -0.1) is 5.10 Å². The molecule has 0 bridgehead atoms. The van der Waals surface area contributed by atoms with Crippen molar-refractivity contribution in [3.8, 4) is 17.1 Å². The number of para-hydroxylation sites is 1. The maximum Gasteiger partial charge on any atom is 0.180 e. The predicted octanol–water partition coefficient (Wildman–Crippen LogP) is 7.58. The number of anilines is 2. The summed E-state index contributed by atoms with van der Waals surface area (Å²) in [6, 6.07) is 40.5. The van der Waals surface area contributed by atoms with E-state index in [1.165, 1.54) is 12.1 Å². The molecule has 2 heterocycles. The van der Waals surface area contributed by atoms with Gasteiger partial charge in [0.1, 0.15) is 11.6 Å². The first kappa shape index (κ1) is 22.0. The number of halogens is 1. The van der Waals surface area contributed by atoms with Crippen LogP contribution < -0.4 is 10.3 Å². The zero-order valence-electron chi connectivity index (χ0n) is 20.2. The number of rotatable bonds is 4. The summed E-state index contributed by atoms with van der Waals surface area (Å²) in [5.74, 6) is 1.11. The van der Waals surface area contributed by atoms with Gasteiger partial charge in [-0.3, -0.25) is 4.57 Å². The van der Waals surface area contributed by atoms with Crippen LogP contribution in [0.1, 0.15) is 5.56 Å². The molecule has 7 rings (SSSR count). The van der Waals surface area contributed by atoms with E-state index in [2.05, 4.69) is 10.6 Å². The van der Waals surface area contributed by atoms with Crippen molar-refractivity contribution in [3.05, 3.63) is 139 Å². The number of hydrogen-bond donors (Lipinski definition) is 0. The Morgan fingerprint density at radius 1 is 0.605 bits per heavy atom. The summed E-state index contributed by atoms with van der Waals surface area (Å²) in [4.78, 5) is 5.04. The average molecular weight is 495 g/mol. The van der Waals surface area contributed by atoms with Crippen molar-refractivity contribution in [2.75, 3.05) is 5.01 Å². The fourth-order valence-electron chi connectivity index (χ4n) is 4.75. The molecule has 0 aliphatic carbocycles. The zero-order valence-corrected chi connectivity index (χ0v) is 20.2. The van der Waals surface area contributed by atoms with Crippen LogP contribution in [0.15, 0.2) is 132 Å². The molecule has 0 unspecified atom stereocenters. The second-order valence-corrected chi connectivity index (χ2v) is 8.99. The summed E-state index contributed by atoms with van der Waals surface area (Å²) in [7, 11) is 0. The molecule has 1 aromatic heterocycles. The molecule has 5 aromatic carbocycles. The minimum Gasteiger partial charge on any atom is -0.292 e. The summed E-state index contributed by atoms with van der Waals surface area (Å²) in [6.07, 6.45) is 0. The van der Waals surface area contributed by atoms with Crippen molar-refractivity contribution in [3.63, 3.8) is 0 Å². The third-order valence-electron chi connectivity index (χ3n) is 6.55. The lowest BCUT2D eigenvalue weighted by molar-refractivity contribution is 0.627. The standard InChI is InChI=1S/C32H21FN5/c33-24-16-18-25(19-17-24)37-29-21-30-28(20-27(29)35-32(37)23-12-6-2-7-13-23)34-31(22-10-4-1-5-11-22)36-38(30)26-14-8-3-9-15-26/h1-21H. The molecule has 0 saturated heterocycles. The van der Waals surface area contributed by atoms with Crippen LogP contribution in [0.5, 0.6) is 0 Å². The van der Waals surface area contributed by atoms with Crippen LogP contribution in [-0.4, -0.2) is 15.4 Å². The molecule has 1 aliphatic rings. The molecular formula is C32H21FN5. The molecule has 0 N–H and O–H groups in total. The van der Waals surface area contributed by atoms with Gasteiger partial charge in [0.2, 0.25) is 0 Å². The molecule has 0 fully saturated rings. The normalized spacial score (nSPS) is 12.7. The Morgan fingerprint density at radius 3 is 1.92 bits per heavy atom. The summed E-state index contributed by atoms with van der Waals surface area (Å²) in [5.41, 5.74) is 6.92. The maximum absolute atomic E-state index is 13.8. The van der Waals surface area contributed by atoms with Crippen molar-refractivity contribution in [1.82, 2.24) is 14.9 Å². The zero-order chi connectivity index (χ0) is 25.5. The molecule has 1 radical (unpaired) electrons. The van der Waals surface area contributed by atoms with Crippen LogP contribution in [0, 0.1) is 5.82 Å². The van der Waals surface area contributed by atoms with E-state index in [0.29, 0.717) is 5.84 Å². The molecule has 38 heavy (non-hydrogen) atoms. The largest absolute Gasteiger partial charge is 0.292 e. The van der Waals surface area contributed by atoms with Gasteiger partial charge >= 0.3 is 0 Å². The molecule has 6 aromatic rings. The number of hydrazone groups is 1. The van der Waals surface area contributed by atoms with Crippen LogP contribution in [0.3, 0.4) is 0 Å². The lowest BCUT2D eigenvalue weighted by Crippen LogP contribution is -2.25. The molecule has 181 valence electrons. The molecule has 0 saturated carbocycles. The van der Waals surface area contributed by atoms with Gasteiger partial charge in [-0.05, 0) is 48.5 Å². The van der Waals surface area contributed by atoms with E-state index in [0.717, 1.165) is 50.7 Å². The van der Waals surface area contributed by atoms with E-state index < -0.39 is 0 Å². The van der Waals surface area contributed by atoms with E-state index in [1.54, 1.807) is 12.1 Å². The predicted molar refractivity (Wildman–Crippen MR) is 150 cm³/mol. The lowest BCUT2D eigenvalue weighted by Gasteiger charge is -2.27. The topological polar surface area (TPSA) is 47.5 Å². The minimum atomic E-state index is -0.284. The Hall–Kier alpha value is -5.23. The van der Waals surface area contributed by atoms with Gasteiger partial charge in [-0.25, -0.2) is 19.7 Å². The third-order valence-corrected chi connectivity index (χ3v) is 6.55. The second-order valence-electron chi connectivity index (χ2n) is 8.99. The van der Waals surface area contributed by atoms with E-state index in [-0.39, 0.29) is 5.82 Å². The van der Waals surface area contributed by atoms with E-state index in [4.69, 9.17) is 15.4 Å². The first-order chi connectivity index (χ1) is 18.7. The molecule has 0 atom stereocenters. The molecule has 1 aliphatic heterocycles. The van der Waals surface area contributed by atoms with Crippen molar-refractivity contribution >= 4 is 33.9 Å². The summed E-state index contributed by atoms with van der Waals surface area (Å²) < 4.78 is 15.9. The first-order valence-corrected chi connectivity index (χ1v) is 12.3. The highest BCUT2D eigenvalue weighted by molar-refractivity contribution is 6.07. The van der Waals surface area contributed by atoms with Gasteiger partial charge < -0.3 is 0 Å². The number of hydrogen-bond acceptors (Lipinski definition) is 3.